The van der Waals surface area contributed by atoms with Crippen LogP contribution >= 0.6 is 11.3 Å². The number of thiophene rings is 1. The van der Waals surface area contributed by atoms with Crippen LogP contribution < -0.4 is 10.1 Å². The highest BCUT2D eigenvalue weighted by molar-refractivity contribution is 7.08. The molecular formula is C28H32N2O4S. The summed E-state index contributed by atoms with van der Waals surface area (Å²) >= 11 is 1.54. The number of piperidine rings is 1. The second-order valence-corrected chi connectivity index (χ2v) is 9.60. The van der Waals surface area contributed by atoms with E-state index in [0.717, 1.165) is 36.4 Å². The van der Waals surface area contributed by atoms with E-state index >= 15 is 0 Å². The number of ketones is 1. The van der Waals surface area contributed by atoms with Crippen LogP contribution in [-0.2, 0) is 9.53 Å². The van der Waals surface area contributed by atoms with Gasteiger partial charge in [-0.1, -0.05) is 37.3 Å². The smallest absolute Gasteiger partial charge is 0.333 e. The van der Waals surface area contributed by atoms with Gasteiger partial charge in [0.2, 0.25) is 0 Å². The molecule has 1 aliphatic heterocycles. The standard InChI is InChI=1S/C28H32N2O4S/c1-3-20-13-15-30(17-25(31)21-7-5-4-6-8-21)18-26(20)34-28(32)27(22-14-16-35-19-22)29-23-9-11-24(33-2)12-10-23/h4-12,14,16,19-20,26-27,29H,3,13,15,17-18H2,1-2H3. The van der Waals surface area contributed by atoms with Crippen molar-refractivity contribution in [2.24, 2.45) is 5.92 Å². The number of anilines is 1. The first-order valence-electron chi connectivity index (χ1n) is 12.0. The second kappa shape index (κ2) is 12.0. The van der Waals surface area contributed by atoms with Gasteiger partial charge in [-0.25, -0.2) is 4.79 Å². The number of rotatable bonds is 10. The lowest BCUT2D eigenvalue weighted by Gasteiger charge is -2.38. The minimum Gasteiger partial charge on any atom is -0.497 e. The summed E-state index contributed by atoms with van der Waals surface area (Å²) in [6.07, 6.45) is 1.56. The maximum Gasteiger partial charge on any atom is 0.333 e. The average molecular weight is 493 g/mol. The lowest BCUT2D eigenvalue weighted by atomic mass is 9.91. The van der Waals surface area contributed by atoms with Crippen molar-refractivity contribution >= 4 is 28.8 Å². The number of ether oxygens (including phenoxy) is 2. The fourth-order valence-corrected chi connectivity index (χ4v) is 5.17. The third-order valence-electron chi connectivity index (χ3n) is 6.55. The molecule has 0 bridgehead atoms. The van der Waals surface area contributed by atoms with E-state index in [1.165, 1.54) is 0 Å². The topological polar surface area (TPSA) is 67.9 Å². The number of likely N-dealkylation sites (tertiary alicyclic amines) is 1. The second-order valence-electron chi connectivity index (χ2n) is 8.82. The van der Waals surface area contributed by atoms with Gasteiger partial charge in [0, 0.05) is 17.8 Å². The van der Waals surface area contributed by atoms with Crippen molar-refractivity contribution in [1.29, 1.82) is 0 Å². The van der Waals surface area contributed by atoms with Crippen LogP contribution in [0.3, 0.4) is 0 Å². The number of hydrogen-bond acceptors (Lipinski definition) is 7. The van der Waals surface area contributed by atoms with E-state index in [9.17, 15) is 9.59 Å². The summed E-state index contributed by atoms with van der Waals surface area (Å²) in [6, 6.07) is 18.2. The molecule has 6 nitrogen and oxygen atoms in total. The first kappa shape index (κ1) is 24.9. The van der Waals surface area contributed by atoms with Crippen molar-refractivity contribution < 1.29 is 19.1 Å². The summed E-state index contributed by atoms with van der Waals surface area (Å²) in [4.78, 5) is 28.3. The predicted molar refractivity (Wildman–Crippen MR) is 139 cm³/mol. The zero-order valence-corrected chi connectivity index (χ0v) is 21.0. The molecule has 0 amide bonds. The molecule has 2 aromatic carbocycles. The van der Waals surface area contributed by atoms with Gasteiger partial charge in [-0.2, -0.15) is 11.3 Å². The van der Waals surface area contributed by atoms with Gasteiger partial charge in [0.25, 0.3) is 0 Å². The highest BCUT2D eigenvalue weighted by atomic mass is 32.1. The number of nitrogens with one attached hydrogen (secondary N) is 1. The highest BCUT2D eigenvalue weighted by Crippen LogP contribution is 2.29. The quantitative estimate of drug-likeness (QED) is 0.300. The molecule has 1 fully saturated rings. The summed E-state index contributed by atoms with van der Waals surface area (Å²) in [5.74, 6) is 0.802. The number of benzene rings is 2. The van der Waals surface area contributed by atoms with E-state index in [0.29, 0.717) is 18.7 Å². The van der Waals surface area contributed by atoms with Crippen LogP contribution in [0.1, 0.15) is 41.7 Å². The van der Waals surface area contributed by atoms with Crippen molar-refractivity contribution in [2.75, 3.05) is 32.1 Å². The number of Topliss-reactive ketones (excluding diaryl/α,β-unsaturated/α-hetero) is 1. The molecule has 0 aliphatic carbocycles. The number of nitrogens with zero attached hydrogens (tertiary/aromatic N) is 1. The largest absolute Gasteiger partial charge is 0.497 e. The molecule has 0 saturated carbocycles. The minimum absolute atomic E-state index is 0.0861. The van der Waals surface area contributed by atoms with Gasteiger partial charge in [0.05, 0.1) is 13.7 Å². The Morgan fingerprint density at radius 2 is 1.89 bits per heavy atom. The van der Waals surface area contributed by atoms with Crippen LogP contribution in [0.4, 0.5) is 5.69 Å². The SMILES string of the molecule is CCC1CCN(CC(=O)c2ccccc2)CC1OC(=O)C(Nc1ccc(OC)cc1)c1ccsc1. The molecule has 3 unspecified atom stereocenters. The van der Waals surface area contributed by atoms with E-state index in [2.05, 4.69) is 17.1 Å². The van der Waals surface area contributed by atoms with Crippen molar-refractivity contribution in [2.45, 2.75) is 31.9 Å². The Kier molecular flexibility index (Phi) is 8.55. The molecule has 4 rings (SSSR count). The van der Waals surface area contributed by atoms with Gasteiger partial charge in [-0.3, -0.25) is 9.69 Å². The molecule has 1 aliphatic rings. The molecule has 3 atom stereocenters. The van der Waals surface area contributed by atoms with Gasteiger partial charge in [0.15, 0.2) is 11.8 Å². The lowest BCUT2D eigenvalue weighted by Crippen LogP contribution is -2.48. The Balaban J connectivity index is 1.45. The number of carbonyl (C=O) groups excluding carboxylic acids is 2. The van der Waals surface area contributed by atoms with Crippen molar-refractivity contribution in [3.63, 3.8) is 0 Å². The summed E-state index contributed by atoms with van der Waals surface area (Å²) < 4.78 is 11.4. The molecule has 1 N–H and O–H groups in total. The van der Waals surface area contributed by atoms with Crippen LogP contribution in [0, 0.1) is 5.92 Å². The molecule has 0 spiro atoms. The molecular weight excluding hydrogens is 460 g/mol. The summed E-state index contributed by atoms with van der Waals surface area (Å²) in [5.41, 5.74) is 2.39. The Morgan fingerprint density at radius 1 is 1.11 bits per heavy atom. The van der Waals surface area contributed by atoms with E-state index < -0.39 is 6.04 Å². The lowest BCUT2D eigenvalue weighted by molar-refractivity contribution is -0.156. The maximum atomic E-state index is 13.5. The van der Waals surface area contributed by atoms with E-state index in [1.54, 1.807) is 18.4 Å². The van der Waals surface area contributed by atoms with Crippen LogP contribution in [0.25, 0.3) is 0 Å². The first-order chi connectivity index (χ1) is 17.1. The van der Waals surface area contributed by atoms with E-state index in [4.69, 9.17) is 9.47 Å². The van der Waals surface area contributed by atoms with Crippen LogP contribution in [0.2, 0.25) is 0 Å². The summed E-state index contributed by atoms with van der Waals surface area (Å²) in [6.45, 7) is 3.83. The minimum atomic E-state index is -0.617. The third-order valence-corrected chi connectivity index (χ3v) is 7.25. The zero-order valence-electron chi connectivity index (χ0n) is 20.2. The van der Waals surface area contributed by atoms with E-state index in [1.807, 2.05) is 71.4 Å². The zero-order chi connectivity index (χ0) is 24.6. The number of methoxy groups -OCH3 is 1. The number of hydrogen-bond donors (Lipinski definition) is 1. The van der Waals surface area contributed by atoms with Gasteiger partial charge in [-0.05, 0) is 72.0 Å². The van der Waals surface area contributed by atoms with Crippen LogP contribution in [-0.4, -0.2) is 49.5 Å². The fourth-order valence-electron chi connectivity index (χ4n) is 4.48. The maximum absolute atomic E-state index is 13.5. The summed E-state index contributed by atoms with van der Waals surface area (Å²) in [5, 5.41) is 7.25. The molecule has 1 saturated heterocycles. The predicted octanol–water partition coefficient (Wildman–Crippen LogP) is 5.44. The van der Waals surface area contributed by atoms with Gasteiger partial charge in [0.1, 0.15) is 11.9 Å². The van der Waals surface area contributed by atoms with Crippen molar-refractivity contribution in [3.8, 4) is 5.75 Å². The molecule has 3 aromatic rings. The van der Waals surface area contributed by atoms with Crippen LogP contribution in [0.5, 0.6) is 5.75 Å². The first-order valence-corrected chi connectivity index (χ1v) is 13.0. The normalized spacial score (nSPS) is 19.0. The van der Waals surface area contributed by atoms with Crippen molar-refractivity contribution in [1.82, 2.24) is 4.90 Å². The van der Waals surface area contributed by atoms with Gasteiger partial charge >= 0.3 is 5.97 Å². The summed E-state index contributed by atoms with van der Waals surface area (Å²) in [7, 11) is 1.62. The molecule has 184 valence electrons. The van der Waals surface area contributed by atoms with Gasteiger partial charge < -0.3 is 14.8 Å². The van der Waals surface area contributed by atoms with Crippen molar-refractivity contribution in [3.05, 3.63) is 82.6 Å². The Labute approximate surface area is 210 Å². The molecule has 7 heteroatoms. The Morgan fingerprint density at radius 3 is 2.54 bits per heavy atom. The van der Waals surface area contributed by atoms with Gasteiger partial charge in [-0.15, -0.1) is 0 Å². The molecule has 0 radical (unpaired) electrons. The Hall–Kier alpha value is -3.16. The third kappa shape index (κ3) is 6.50. The average Bonchev–Trinajstić information content (AvgIpc) is 3.43. The molecule has 35 heavy (non-hydrogen) atoms. The monoisotopic (exact) mass is 492 g/mol. The van der Waals surface area contributed by atoms with E-state index in [-0.39, 0.29) is 23.8 Å². The number of esters is 1. The van der Waals surface area contributed by atoms with Crippen LogP contribution in [0.15, 0.2) is 71.4 Å². The fraction of sp³-hybridized carbons (Fsp3) is 0.357. The molecule has 1 aromatic heterocycles. The molecule has 2 heterocycles. The number of carbonyl (C=O) groups is 2. The highest BCUT2D eigenvalue weighted by Gasteiger charge is 2.34. The Bertz CT molecular complexity index is 1090.